The summed E-state index contributed by atoms with van der Waals surface area (Å²) in [5.74, 6) is -0.504. The molecule has 0 atom stereocenters. The van der Waals surface area contributed by atoms with Gasteiger partial charge in [0.25, 0.3) is 0 Å². The normalized spacial score (nSPS) is 14.5. The molecular weight excluding hydrogens is 453 g/mol. The Kier molecular flexibility index (Phi) is 6.07. The van der Waals surface area contributed by atoms with Crippen LogP contribution in [0.3, 0.4) is 0 Å². The van der Waals surface area contributed by atoms with E-state index in [0.29, 0.717) is 5.56 Å². The zero-order valence-corrected chi connectivity index (χ0v) is 18.9. The maximum atomic E-state index is 13.2. The summed E-state index contributed by atoms with van der Waals surface area (Å²) in [6.07, 6.45) is 1.56. The minimum absolute atomic E-state index is 0.0512. The fourth-order valence-electron chi connectivity index (χ4n) is 3.27. The Hall–Kier alpha value is -2.75. The van der Waals surface area contributed by atoms with E-state index >= 15 is 0 Å². The molecule has 0 radical (unpaired) electrons. The Labute approximate surface area is 187 Å². The molecule has 1 fully saturated rings. The molecule has 32 heavy (non-hydrogen) atoms. The minimum atomic E-state index is -4.15. The van der Waals surface area contributed by atoms with Crippen LogP contribution in [0.15, 0.2) is 82.6 Å². The molecule has 0 spiro atoms. The van der Waals surface area contributed by atoms with Crippen LogP contribution in [0, 0.1) is 12.7 Å². The lowest BCUT2D eigenvalue weighted by Gasteiger charge is -2.22. The molecular formula is C23H22FNO5S2. The molecule has 1 aliphatic rings. The molecule has 0 N–H and O–H groups in total. The predicted molar refractivity (Wildman–Crippen MR) is 118 cm³/mol. The number of hydrogen-bond donors (Lipinski definition) is 0. The molecule has 9 heteroatoms. The van der Waals surface area contributed by atoms with Crippen LogP contribution < -0.4 is 4.18 Å². The first kappa shape index (κ1) is 22.4. The number of aryl methyl sites for hydroxylation is 1. The third-order valence-corrected chi connectivity index (χ3v) is 8.30. The van der Waals surface area contributed by atoms with E-state index < -0.39 is 26.0 Å². The van der Waals surface area contributed by atoms with Crippen molar-refractivity contribution in [3.05, 3.63) is 89.7 Å². The van der Waals surface area contributed by atoms with Crippen molar-refractivity contribution in [2.45, 2.75) is 42.1 Å². The van der Waals surface area contributed by atoms with E-state index in [4.69, 9.17) is 4.18 Å². The average molecular weight is 476 g/mol. The molecule has 0 amide bonds. The molecule has 168 valence electrons. The molecule has 0 heterocycles. The zero-order chi connectivity index (χ0) is 22.9. The number of rotatable bonds is 8. The van der Waals surface area contributed by atoms with E-state index in [1.54, 1.807) is 36.4 Å². The second-order valence-corrected chi connectivity index (χ2v) is 11.2. The van der Waals surface area contributed by atoms with Gasteiger partial charge in [-0.25, -0.2) is 12.8 Å². The average Bonchev–Trinajstić information content (AvgIpc) is 3.57. The molecule has 0 aromatic heterocycles. The lowest BCUT2D eigenvalue weighted by molar-refractivity contribution is 0.398. The van der Waals surface area contributed by atoms with Gasteiger partial charge in [0.05, 0.1) is 4.90 Å². The summed E-state index contributed by atoms with van der Waals surface area (Å²) >= 11 is 0. The highest BCUT2D eigenvalue weighted by Crippen LogP contribution is 2.34. The van der Waals surface area contributed by atoms with Gasteiger partial charge in [0.1, 0.15) is 16.5 Å². The summed E-state index contributed by atoms with van der Waals surface area (Å²) in [6, 6.07) is 17.2. The lowest BCUT2D eigenvalue weighted by Crippen LogP contribution is -2.32. The van der Waals surface area contributed by atoms with Gasteiger partial charge in [-0.1, -0.05) is 29.8 Å². The fourth-order valence-corrected chi connectivity index (χ4v) is 5.87. The van der Waals surface area contributed by atoms with E-state index in [1.165, 1.54) is 16.4 Å². The van der Waals surface area contributed by atoms with Gasteiger partial charge in [-0.05, 0) is 73.9 Å². The lowest BCUT2D eigenvalue weighted by atomic mass is 10.2. The Morgan fingerprint density at radius 2 is 1.53 bits per heavy atom. The van der Waals surface area contributed by atoms with E-state index in [1.807, 2.05) is 6.92 Å². The summed E-state index contributed by atoms with van der Waals surface area (Å²) in [7, 11) is -7.86. The van der Waals surface area contributed by atoms with Crippen LogP contribution in [-0.2, 0) is 26.7 Å². The quantitative estimate of drug-likeness (QED) is 0.455. The van der Waals surface area contributed by atoms with Crippen LogP contribution in [0.2, 0.25) is 0 Å². The van der Waals surface area contributed by atoms with Crippen LogP contribution in [0.25, 0.3) is 0 Å². The van der Waals surface area contributed by atoms with Crippen LogP contribution in [0.4, 0.5) is 4.39 Å². The minimum Gasteiger partial charge on any atom is -0.379 e. The highest BCUT2D eigenvalue weighted by atomic mass is 32.2. The first-order valence-electron chi connectivity index (χ1n) is 10.0. The van der Waals surface area contributed by atoms with Crippen LogP contribution in [-0.4, -0.2) is 27.2 Å². The Balaban J connectivity index is 1.57. The first-order chi connectivity index (χ1) is 15.1. The largest absolute Gasteiger partial charge is 0.379 e. The second kappa shape index (κ2) is 8.65. The van der Waals surface area contributed by atoms with Crippen LogP contribution in [0.1, 0.15) is 24.0 Å². The summed E-state index contributed by atoms with van der Waals surface area (Å²) in [4.78, 5) is 0.0483. The van der Waals surface area contributed by atoms with E-state index in [9.17, 15) is 21.2 Å². The van der Waals surface area contributed by atoms with Crippen LogP contribution in [0.5, 0.6) is 5.75 Å². The number of benzene rings is 3. The van der Waals surface area contributed by atoms with Gasteiger partial charge in [0, 0.05) is 12.6 Å². The van der Waals surface area contributed by atoms with Crippen molar-refractivity contribution in [1.82, 2.24) is 4.31 Å². The highest BCUT2D eigenvalue weighted by molar-refractivity contribution is 7.89. The first-order valence-corrected chi connectivity index (χ1v) is 12.9. The molecule has 0 saturated heterocycles. The zero-order valence-electron chi connectivity index (χ0n) is 17.3. The van der Waals surface area contributed by atoms with Gasteiger partial charge in [-0.2, -0.15) is 12.7 Å². The van der Waals surface area contributed by atoms with Crippen molar-refractivity contribution in [2.75, 3.05) is 0 Å². The molecule has 1 aliphatic carbocycles. The third kappa shape index (κ3) is 5.01. The summed E-state index contributed by atoms with van der Waals surface area (Å²) in [5, 5.41) is 0. The summed E-state index contributed by atoms with van der Waals surface area (Å²) in [5.41, 5.74) is 1.56. The third-order valence-electron chi connectivity index (χ3n) is 5.13. The van der Waals surface area contributed by atoms with Gasteiger partial charge in [0.2, 0.25) is 10.0 Å². The molecule has 4 rings (SSSR count). The van der Waals surface area contributed by atoms with Crippen molar-refractivity contribution in [3.63, 3.8) is 0 Å². The maximum absolute atomic E-state index is 13.2. The van der Waals surface area contributed by atoms with Gasteiger partial charge in [-0.3, -0.25) is 0 Å². The SMILES string of the molecule is Cc1ccc(S(=O)(=O)N(Cc2cccc(OS(=O)(=O)c3ccc(F)cc3)c2)C2CC2)cc1. The topological polar surface area (TPSA) is 80.8 Å². The molecule has 3 aromatic rings. The summed E-state index contributed by atoms with van der Waals surface area (Å²) < 4.78 is 71.2. The molecule has 6 nitrogen and oxygen atoms in total. The van der Waals surface area contributed by atoms with Crippen molar-refractivity contribution in [1.29, 1.82) is 0 Å². The molecule has 1 saturated carbocycles. The Morgan fingerprint density at radius 1 is 0.906 bits per heavy atom. The van der Waals surface area contributed by atoms with Crippen LogP contribution >= 0.6 is 0 Å². The van der Waals surface area contributed by atoms with Gasteiger partial charge < -0.3 is 4.18 Å². The van der Waals surface area contributed by atoms with Crippen molar-refractivity contribution >= 4 is 20.1 Å². The van der Waals surface area contributed by atoms with Gasteiger partial charge in [-0.15, -0.1) is 0 Å². The monoisotopic (exact) mass is 475 g/mol. The Bertz CT molecular complexity index is 1320. The van der Waals surface area contributed by atoms with Gasteiger partial charge in [0.15, 0.2) is 0 Å². The van der Waals surface area contributed by atoms with E-state index in [-0.39, 0.29) is 28.1 Å². The number of nitrogens with zero attached hydrogens (tertiary/aromatic N) is 1. The fraction of sp³-hybridized carbons (Fsp3) is 0.217. The molecule has 3 aromatic carbocycles. The van der Waals surface area contributed by atoms with Crippen molar-refractivity contribution in [3.8, 4) is 5.75 Å². The number of hydrogen-bond acceptors (Lipinski definition) is 5. The molecule has 0 aliphatic heterocycles. The predicted octanol–water partition coefficient (Wildman–Crippen LogP) is 4.26. The second-order valence-electron chi connectivity index (χ2n) is 7.73. The van der Waals surface area contributed by atoms with Crippen molar-refractivity contribution in [2.24, 2.45) is 0 Å². The maximum Gasteiger partial charge on any atom is 0.339 e. The smallest absolute Gasteiger partial charge is 0.339 e. The van der Waals surface area contributed by atoms with Crippen molar-refractivity contribution < 1.29 is 25.4 Å². The van der Waals surface area contributed by atoms with Gasteiger partial charge >= 0.3 is 10.1 Å². The number of sulfonamides is 1. The summed E-state index contributed by atoms with van der Waals surface area (Å²) in [6.45, 7) is 1.98. The molecule has 0 bridgehead atoms. The van der Waals surface area contributed by atoms with E-state index in [2.05, 4.69) is 0 Å². The number of halogens is 1. The highest BCUT2D eigenvalue weighted by Gasteiger charge is 2.38. The van der Waals surface area contributed by atoms with E-state index in [0.717, 1.165) is 42.7 Å². The molecule has 0 unspecified atom stereocenters. The Morgan fingerprint density at radius 3 is 2.16 bits per heavy atom. The standard InChI is InChI=1S/C23H22FNO5S2/c1-17-5-11-22(12-6-17)31(26,27)25(20-9-10-20)16-18-3-2-4-21(15-18)30-32(28,29)23-13-7-19(24)8-14-23/h2-8,11-15,20H,9-10,16H2,1H3.